The molecule has 88 valence electrons. The molecule has 0 aromatic carbocycles. The zero-order chi connectivity index (χ0) is 11.0. The maximum atomic E-state index is 4.23. The number of hydrogen-bond donors (Lipinski definition) is 2. The summed E-state index contributed by atoms with van der Waals surface area (Å²) in [6, 6.07) is 2.28. The summed E-state index contributed by atoms with van der Waals surface area (Å²) in [5.74, 6) is 1.04. The fraction of sp³-hybridized carbons (Fsp3) is 0.750. The Labute approximate surface area is 96.4 Å². The van der Waals surface area contributed by atoms with E-state index in [1.54, 1.807) is 0 Å². The fourth-order valence-corrected chi connectivity index (χ4v) is 2.75. The Kier molecular flexibility index (Phi) is 2.69. The number of H-pyrrole nitrogens is 1. The number of aromatic amines is 1. The molecule has 0 spiro atoms. The zero-order valence-electron chi connectivity index (χ0n) is 9.82. The summed E-state index contributed by atoms with van der Waals surface area (Å²) in [6.45, 7) is 4.43. The van der Waals surface area contributed by atoms with Crippen LogP contribution >= 0.6 is 0 Å². The van der Waals surface area contributed by atoms with Crippen LogP contribution in [0.3, 0.4) is 0 Å². The third-order valence-electron chi connectivity index (χ3n) is 3.75. The van der Waals surface area contributed by atoms with E-state index in [1.165, 1.54) is 25.8 Å². The monoisotopic (exact) mass is 220 g/mol. The summed E-state index contributed by atoms with van der Waals surface area (Å²) in [5.41, 5.74) is 0. The highest BCUT2D eigenvalue weighted by Crippen LogP contribution is 2.33. The Morgan fingerprint density at radius 3 is 3.12 bits per heavy atom. The summed E-state index contributed by atoms with van der Waals surface area (Å²) in [7, 11) is 0. The third-order valence-corrected chi connectivity index (χ3v) is 3.75. The molecule has 16 heavy (non-hydrogen) atoms. The second-order valence-corrected chi connectivity index (χ2v) is 5.13. The summed E-state index contributed by atoms with van der Waals surface area (Å²) < 4.78 is 0. The first-order valence-corrected chi connectivity index (χ1v) is 6.30. The summed E-state index contributed by atoms with van der Waals surface area (Å²) in [5, 5.41) is 3.59. The van der Waals surface area contributed by atoms with Crippen molar-refractivity contribution in [3.63, 3.8) is 0 Å². The molecule has 1 saturated heterocycles. The van der Waals surface area contributed by atoms with Crippen LogP contribution in [-0.4, -0.2) is 39.5 Å². The lowest BCUT2D eigenvalue weighted by Crippen LogP contribution is -2.34. The highest BCUT2D eigenvalue weighted by atomic mass is 15.3. The molecule has 1 aromatic rings. The van der Waals surface area contributed by atoms with Crippen molar-refractivity contribution in [2.24, 2.45) is 0 Å². The summed E-state index contributed by atoms with van der Waals surface area (Å²) in [4.78, 5) is 10.0. The maximum Gasteiger partial charge on any atom is 0.120 e. The highest BCUT2D eigenvalue weighted by Gasteiger charge is 2.38. The van der Waals surface area contributed by atoms with Crippen molar-refractivity contribution in [3.8, 4) is 0 Å². The van der Waals surface area contributed by atoms with E-state index in [2.05, 4.69) is 27.1 Å². The summed E-state index contributed by atoms with van der Waals surface area (Å²) >= 11 is 0. The van der Waals surface area contributed by atoms with Crippen molar-refractivity contribution < 1.29 is 0 Å². The molecular weight excluding hydrogens is 200 g/mol. The van der Waals surface area contributed by atoms with E-state index < -0.39 is 0 Å². The minimum absolute atomic E-state index is 0.640. The normalized spacial score (nSPS) is 31.1. The molecule has 1 aliphatic carbocycles. The predicted octanol–water partition coefficient (Wildman–Crippen LogP) is 1.12. The molecule has 2 N–H and O–H groups in total. The van der Waals surface area contributed by atoms with Gasteiger partial charge in [-0.25, -0.2) is 4.98 Å². The van der Waals surface area contributed by atoms with Gasteiger partial charge in [0.2, 0.25) is 0 Å². The van der Waals surface area contributed by atoms with Crippen LogP contribution in [0.2, 0.25) is 0 Å². The van der Waals surface area contributed by atoms with Crippen LogP contribution in [0.25, 0.3) is 0 Å². The number of likely N-dealkylation sites (tertiary alicyclic amines) is 1. The standard InChI is InChI=1S/C12H20N4/c1-9-6-10(8-16(9)11-2-3-11)15-7-12-13-4-5-14-12/h4-5,9-11,15H,2-3,6-8H2,1H3,(H,13,14). The van der Waals surface area contributed by atoms with Crippen molar-refractivity contribution in [1.29, 1.82) is 0 Å². The molecule has 0 bridgehead atoms. The quantitative estimate of drug-likeness (QED) is 0.799. The van der Waals surface area contributed by atoms with Crippen molar-refractivity contribution in [3.05, 3.63) is 18.2 Å². The minimum atomic E-state index is 0.640. The van der Waals surface area contributed by atoms with Gasteiger partial charge in [-0.15, -0.1) is 0 Å². The number of aromatic nitrogens is 2. The molecule has 2 fully saturated rings. The minimum Gasteiger partial charge on any atom is -0.348 e. The number of nitrogens with zero attached hydrogens (tertiary/aromatic N) is 2. The first-order chi connectivity index (χ1) is 7.83. The smallest absolute Gasteiger partial charge is 0.120 e. The molecule has 2 unspecified atom stereocenters. The molecule has 3 rings (SSSR count). The molecule has 0 amide bonds. The third kappa shape index (κ3) is 2.13. The Morgan fingerprint density at radius 1 is 1.56 bits per heavy atom. The lowest BCUT2D eigenvalue weighted by molar-refractivity contribution is 0.255. The van der Waals surface area contributed by atoms with Crippen LogP contribution in [-0.2, 0) is 6.54 Å². The molecule has 2 aliphatic rings. The van der Waals surface area contributed by atoms with Crippen molar-refractivity contribution in [1.82, 2.24) is 20.2 Å². The van der Waals surface area contributed by atoms with Crippen molar-refractivity contribution in [2.75, 3.05) is 6.54 Å². The van der Waals surface area contributed by atoms with E-state index in [-0.39, 0.29) is 0 Å². The number of hydrogen-bond acceptors (Lipinski definition) is 3. The lowest BCUT2D eigenvalue weighted by atomic mass is 10.2. The van der Waals surface area contributed by atoms with Crippen LogP contribution in [0.1, 0.15) is 32.0 Å². The first-order valence-electron chi connectivity index (χ1n) is 6.30. The Balaban J connectivity index is 1.49. The van der Waals surface area contributed by atoms with E-state index in [9.17, 15) is 0 Å². The van der Waals surface area contributed by atoms with E-state index in [1.807, 2.05) is 12.4 Å². The van der Waals surface area contributed by atoms with Gasteiger partial charge in [-0.3, -0.25) is 4.90 Å². The van der Waals surface area contributed by atoms with Gasteiger partial charge in [-0.05, 0) is 26.2 Å². The SMILES string of the molecule is CC1CC(NCc2ncc[nH]2)CN1C1CC1. The van der Waals surface area contributed by atoms with Gasteiger partial charge in [-0.2, -0.15) is 0 Å². The van der Waals surface area contributed by atoms with Crippen molar-refractivity contribution in [2.45, 2.75) is 50.9 Å². The van der Waals surface area contributed by atoms with E-state index >= 15 is 0 Å². The predicted molar refractivity (Wildman–Crippen MR) is 63.0 cm³/mol. The van der Waals surface area contributed by atoms with Gasteiger partial charge in [-0.1, -0.05) is 0 Å². The second-order valence-electron chi connectivity index (χ2n) is 5.13. The summed E-state index contributed by atoms with van der Waals surface area (Å²) in [6.07, 6.45) is 7.79. The van der Waals surface area contributed by atoms with Crippen LogP contribution in [0.5, 0.6) is 0 Å². The average Bonchev–Trinajstić information content (AvgIpc) is 2.85. The van der Waals surface area contributed by atoms with Crippen LogP contribution in [0.4, 0.5) is 0 Å². The van der Waals surface area contributed by atoms with Crippen LogP contribution < -0.4 is 5.32 Å². The number of rotatable bonds is 4. The molecule has 4 heteroatoms. The lowest BCUT2D eigenvalue weighted by Gasteiger charge is -2.19. The topological polar surface area (TPSA) is 44.0 Å². The van der Waals surface area contributed by atoms with Gasteiger partial charge < -0.3 is 10.3 Å². The Hall–Kier alpha value is -0.870. The molecule has 4 nitrogen and oxygen atoms in total. The van der Waals surface area contributed by atoms with Crippen LogP contribution in [0, 0.1) is 0 Å². The highest BCUT2D eigenvalue weighted by molar-refractivity contribution is 4.97. The molecule has 1 aromatic heterocycles. The van der Waals surface area contributed by atoms with Gasteiger partial charge in [0.25, 0.3) is 0 Å². The molecule has 2 atom stereocenters. The molecule has 0 radical (unpaired) electrons. The van der Waals surface area contributed by atoms with Crippen LogP contribution in [0.15, 0.2) is 12.4 Å². The van der Waals surface area contributed by atoms with E-state index in [4.69, 9.17) is 0 Å². The van der Waals surface area contributed by atoms with Gasteiger partial charge in [0.05, 0.1) is 6.54 Å². The van der Waals surface area contributed by atoms with Gasteiger partial charge >= 0.3 is 0 Å². The first kappa shape index (κ1) is 10.3. The molecule has 1 aliphatic heterocycles. The molecule has 2 heterocycles. The van der Waals surface area contributed by atoms with Gasteiger partial charge in [0.15, 0.2) is 0 Å². The maximum absolute atomic E-state index is 4.23. The zero-order valence-corrected chi connectivity index (χ0v) is 9.82. The number of nitrogens with one attached hydrogen (secondary N) is 2. The van der Waals surface area contributed by atoms with E-state index in [0.717, 1.165) is 24.5 Å². The molecule has 1 saturated carbocycles. The Bertz CT molecular complexity index is 331. The fourth-order valence-electron chi connectivity index (χ4n) is 2.75. The average molecular weight is 220 g/mol. The second kappa shape index (κ2) is 4.18. The molecular formula is C12H20N4. The van der Waals surface area contributed by atoms with Gasteiger partial charge in [0.1, 0.15) is 5.82 Å². The van der Waals surface area contributed by atoms with Gasteiger partial charge in [0, 0.05) is 37.1 Å². The van der Waals surface area contributed by atoms with E-state index in [0.29, 0.717) is 6.04 Å². The Morgan fingerprint density at radius 2 is 2.44 bits per heavy atom. The number of imidazole rings is 1. The van der Waals surface area contributed by atoms with Crippen molar-refractivity contribution >= 4 is 0 Å². The largest absolute Gasteiger partial charge is 0.348 e.